The van der Waals surface area contributed by atoms with Crippen molar-refractivity contribution < 1.29 is 9.59 Å². The first-order chi connectivity index (χ1) is 16.1. The summed E-state index contributed by atoms with van der Waals surface area (Å²) in [5.41, 5.74) is 4.48. The highest BCUT2D eigenvalue weighted by atomic mass is 32.1. The van der Waals surface area contributed by atoms with E-state index in [1.54, 1.807) is 16.2 Å². The fourth-order valence-electron chi connectivity index (χ4n) is 4.53. The molecule has 0 saturated carbocycles. The largest absolute Gasteiger partial charge is 0.312 e. The maximum absolute atomic E-state index is 12.9. The van der Waals surface area contributed by atoms with Crippen molar-refractivity contribution in [3.8, 4) is 0 Å². The lowest BCUT2D eigenvalue weighted by atomic mass is 10.1. The molecule has 1 fully saturated rings. The molecule has 2 aliphatic heterocycles. The second-order valence-corrected chi connectivity index (χ2v) is 9.83. The summed E-state index contributed by atoms with van der Waals surface area (Å²) in [6.07, 6.45) is 2.08. The van der Waals surface area contributed by atoms with Gasteiger partial charge in [-0.2, -0.15) is 0 Å². The summed E-state index contributed by atoms with van der Waals surface area (Å²) in [5.74, 6) is -0.489. The molecule has 1 aromatic heterocycles. The van der Waals surface area contributed by atoms with Crippen LogP contribution in [0.15, 0.2) is 54.6 Å². The Morgan fingerprint density at radius 2 is 1.91 bits per heavy atom. The molecular weight excluding hydrogens is 432 g/mol. The minimum absolute atomic E-state index is 0.00520. The zero-order valence-electron chi connectivity index (χ0n) is 18.8. The Morgan fingerprint density at radius 3 is 2.67 bits per heavy atom. The predicted octanol–water partition coefficient (Wildman–Crippen LogP) is 4.26. The highest BCUT2D eigenvalue weighted by molar-refractivity contribution is 7.15. The summed E-state index contributed by atoms with van der Waals surface area (Å²) in [5, 5.41) is 3.63. The van der Waals surface area contributed by atoms with E-state index in [9.17, 15) is 9.59 Å². The number of amides is 2. The monoisotopic (exact) mass is 460 g/mol. The molecule has 2 amide bonds. The first kappa shape index (κ1) is 21.8. The summed E-state index contributed by atoms with van der Waals surface area (Å²) in [6.45, 7) is 5.24. The van der Waals surface area contributed by atoms with Crippen LogP contribution in [-0.2, 0) is 35.5 Å². The van der Waals surface area contributed by atoms with Crippen molar-refractivity contribution >= 4 is 34.0 Å². The third-order valence-electron chi connectivity index (χ3n) is 6.44. The Kier molecular flexibility index (Phi) is 6.24. The number of rotatable bonds is 6. The highest BCUT2D eigenvalue weighted by Gasteiger charge is 2.35. The summed E-state index contributed by atoms with van der Waals surface area (Å²) >= 11 is 1.56. The standard InChI is InChI=1S/C26H28N4O2S/c1-2-18-8-10-21(11-9-18)30-16-20(14-24(30)31)25(32)28-26-27-22-12-13-29(17-23(22)33-26)15-19-6-4-3-5-7-19/h3-11,20H,2,12-17H2,1H3,(H,27,28,32). The van der Waals surface area contributed by atoms with Gasteiger partial charge in [0.25, 0.3) is 0 Å². The van der Waals surface area contributed by atoms with E-state index in [1.165, 1.54) is 16.0 Å². The van der Waals surface area contributed by atoms with Gasteiger partial charge in [0.15, 0.2) is 5.13 Å². The highest BCUT2D eigenvalue weighted by Crippen LogP contribution is 2.31. The number of nitrogens with one attached hydrogen (secondary N) is 1. The number of benzene rings is 2. The van der Waals surface area contributed by atoms with Crippen LogP contribution in [-0.4, -0.2) is 34.8 Å². The maximum Gasteiger partial charge on any atom is 0.231 e. The van der Waals surface area contributed by atoms with Crippen LogP contribution in [0.2, 0.25) is 0 Å². The van der Waals surface area contributed by atoms with Gasteiger partial charge >= 0.3 is 0 Å². The Balaban J connectivity index is 1.20. The van der Waals surface area contributed by atoms with Crippen molar-refractivity contribution in [3.05, 3.63) is 76.3 Å². The number of hydrogen-bond donors (Lipinski definition) is 1. The van der Waals surface area contributed by atoms with Gasteiger partial charge in [0.05, 0.1) is 11.6 Å². The molecular formula is C26H28N4O2S. The van der Waals surface area contributed by atoms with Crippen molar-refractivity contribution in [2.75, 3.05) is 23.3 Å². The minimum atomic E-state index is -0.362. The van der Waals surface area contributed by atoms with E-state index < -0.39 is 0 Å². The zero-order chi connectivity index (χ0) is 22.8. The number of nitrogens with zero attached hydrogens (tertiary/aromatic N) is 3. The zero-order valence-corrected chi connectivity index (χ0v) is 19.6. The van der Waals surface area contributed by atoms with Crippen molar-refractivity contribution in [2.24, 2.45) is 5.92 Å². The van der Waals surface area contributed by atoms with E-state index in [0.717, 1.165) is 43.9 Å². The third-order valence-corrected chi connectivity index (χ3v) is 7.44. The molecule has 0 radical (unpaired) electrons. The number of aromatic nitrogens is 1. The van der Waals surface area contributed by atoms with E-state index >= 15 is 0 Å². The third kappa shape index (κ3) is 4.84. The fourth-order valence-corrected chi connectivity index (χ4v) is 5.58. The van der Waals surface area contributed by atoms with Crippen LogP contribution in [0.1, 0.15) is 35.0 Å². The van der Waals surface area contributed by atoms with Crippen molar-refractivity contribution in [1.82, 2.24) is 9.88 Å². The number of thiazole rings is 1. The Hall–Kier alpha value is -3.03. The minimum Gasteiger partial charge on any atom is -0.312 e. The maximum atomic E-state index is 12.9. The van der Waals surface area contributed by atoms with E-state index in [0.29, 0.717) is 11.7 Å². The molecule has 3 aromatic rings. The molecule has 1 unspecified atom stereocenters. The van der Waals surface area contributed by atoms with Crippen molar-refractivity contribution in [3.63, 3.8) is 0 Å². The molecule has 0 aliphatic carbocycles. The average Bonchev–Trinajstić information content (AvgIpc) is 3.42. The van der Waals surface area contributed by atoms with Crippen LogP contribution in [0.3, 0.4) is 0 Å². The van der Waals surface area contributed by atoms with Gasteiger partial charge in [-0.1, -0.05) is 49.4 Å². The van der Waals surface area contributed by atoms with Gasteiger partial charge in [0, 0.05) is 49.6 Å². The Morgan fingerprint density at radius 1 is 1.12 bits per heavy atom. The lowest BCUT2D eigenvalue weighted by Crippen LogP contribution is -2.29. The number of hydrogen-bond acceptors (Lipinski definition) is 5. The summed E-state index contributed by atoms with van der Waals surface area (Å²) in [4.78, 5) is 35.5. The quantitative estimate of drug-likeness (QED) is 0.597. The van der Waals surface area contributed by atoms with E-state index in [4.69, 9.17) is 0 Å². The SMILES string of the molecule is CCc1ccc(N2CC(C(=O)Nc3nc4c(s3)CN(Cc3ccccc3)CC4)CC2=O)cc1. The second-order valence-electron chi connectivity index (χ2n) is 8.75. The first-order valence-corrected chi connectivity index (χ1v) is 12.4. The van der Waals surface area contributed by atoms with Gasteiger partial charge in [-0.15, -0.1) is 11.3 Å². The van der Waals surface area contributed by atoms with Gasteiger partial charge in [-0.3, -0.25) is 14.5 Å². The van der Waals surface area contributed by atoms with Crippen LogP contribution in [0.4, 0.5) is 10.8 Å². The number of carbonyl (C=O) groups excluding carboxylic acids is 2. The van der Waals surface area contributed by atoms with Crippen LogP contribution in [0.5, 0.6) is 0 Å². The molecule has 1 saturated heterocycles. The summed E-state index contributed by atoms with van der Waals surface area (Å²) < 4.78 is 0. The lowest BCUT2D eigenvalue weighted by molar-refractivity contribution is -0.122. The molecule has 1 atom stereocenters. The molecule has 0 bridgehead atoms. The average molecular weight is 461 g/mol. The Bertz CT molecular complexity index is 1140. The van der Waals surface area contributed by atoms with Crippen LogP contribution in [0.25, 0.3) is 0 Å². The van der Waals surface area contributed by atoms with Gasteiger partial charge in [-0.05, 0) is 29.7 Å². The molecule has 2 aliphatic rings. The lowest BCUT2D eigenvalue weighted by Gasteiger charge is -2.25. The predicted molar refractivity (Wildman–Crippen MR) is 131 cm³/mol. The van der Waals surface area contributed by atoms with Crippen molar-refractivity contribution in [1.29, 1.82) is 0 Å². The summed E-state index contributed by atoms with van der Waals surface area (Å²) in [6, 6.07) is 18.5. The molecule has 7 heteroatoms. The molecule has 5 rings (SSSR count). The smallest absolute Gasteiger partial charge is 0.231 e. The van der Waals surface area contributed by atoms with Crippen LogP contribution in [0, 0.1) is 5.92 Å². The van der Waals surface area contributed by atoms with Crippen molar-refractivity contribution in [2.45, 2.75) is 39.3 Å². The van der Waals surface area contributed by atoms with E-state index in [2.05, 4.69) is 46.4 Å². The van der Waals surface area contributed by atoms with E-state index in [1.807, 2.05) is 30.3 Å². The van der Waals surface area contributed by atoms with Gasteiger partial charge in [0.1, 0.15) is 0 Å². The number of anilines is 2. The fraction of sp³-hybridized carbons (Fsp3) is 0.346. The van der Waals surface area contributed by atoms with Gasteiger partial charge < -0.3 is 10.2 Å². The number of carbonyl (C=O) groups is 2. The first-order valence-electron chi connectivity index (χ1n) is 11.5. The normalized spacial score (nSPS) is 18.4. The van der Waals surface area contributed by atoms with Gasteiger partial charge in [-0.25, -0.2) is 4.98 Å². The molecule has 0 spiro atoms. The Labute approximate surface area is 198 Å². The van der Waals surface area contributed by atoms with Crippen LogP contribution < -0.4 is 10.2 Å². The topological polar surface area (TPSA) is 65.5 Å². The molecule has 1 N–H and O–H groups in total. The molecule has 33 heavy (non-hydrogen) atoms. The molecule has 170 valence electrons. The second kappa shape index (κ2) is 9.45. The molecule has 6 nitrogen and oxygen atoms in total. The molecule has 2 aromatic carbocycles. The summed E-state index contributed by atoms with van der Waals surface area (Å²) in [7, 11) is 0. The van der Waals surface area contributed by atoms with Crippen LogP contribution >= 0.6 is 11.3 Å². The van der Waals surface area contributed by atoms with E-state index in [-0.39, 0.29) is 24.2 Å². The number of aryl methyl sites for hydroxylation is 1. The molecule has 3 heterocycles. The van der Waals surface area contributed by atoms with Gasteiger partial charge in [0.2, 0.25) is 11.8 Å². The number of fused-ring (bicyclic) bond motifs is 1.